The summed E-state index contributed by atoms with van der Waals surface area (Å²) in [6.45, 7) is 1.92. The summed E-state index contributed by atoms with van der Waals surface area (Å²) in [6, 6.07) is 8.67. The second-order valence-electron chi connectivity index (χ2n) is 6.30. The van der Waals surface area contributed by atoms with Crippen LogP contribution in [0.25, 0.3) is 0 Å². The lowest BCUT2D eigenvalue weighted by Gasteiger charge is -2.36. The van der Waals surface area contributed by atoms with Crippen molar-refractivity contribution in [1.82, 2.24) is 9.88 Å². The zero-order chi connectivity index (χ0) is 17.6. The van der Waals surface area contributed by atoms with Gasteiger partial charge in [0.05, 0.1) is 21.3 Å². The highest BCUT2D eigenvalue weighted by Crippen LogP contribution is 2.39. The second kappa shape index (κ2) is 8.21. The molecule has 0 spiro atoms. The van der Waals surface area contributed by atoms with Crippen LogP contribution in [0.3, 0.4) is 0 Å². The van der Waals surface area contributed by atoms with Crippen LogP contribution in [0.1, 0.15) is 36.4 Å². The van der Waals surface area contributed by atoms with Crippen molar-refractivity contribution in [2.24, 2.45) is 0 Å². The van der Waals surface area contributed by atoms with Crippen LogP contribution in [-0.4, -0.2) is 37.8 Å². The molecule has 1 aromatic carbocycles. The van der Waals surface area contributed by atoms with Crippen LogP contribution in [0.2, 0.25) is 0 Å². The number of pyridine rings is 1. The van der Waals surface area contributed by atoms with Gasteiger partial charge in [0.2, 0.25) is 5.75 Å². The van der Waals surface area contributed by atoms with Gasteiger partial charge >= 0.3 is 0 Å². The summed E-state index contributed by atoms with van der Waals surface area (Å²) in [7, 11) is 4.93. The van der Waals surface area contributed by atoms with Crippen molar-refractivity contribution in [3.05, 3.63) is 47.8 Å². The first kappa shape index (κ1) is 17.5. The quantitative estimate of drug-likeness (QED) is 0.798. The second-order valence-corrected chi connectivity index (χ2v) is 6.30. The summed E-state index contributed by atoms with van der Waals surface area (Å²) in [5, 5.41) is 0. The third kappa shape index (κ3) is 3.87. The van der Waals surface area contributed by atoms with E-state index in [9.17, 15) is 0 Å². The summed E-state index contributed by atoms with van der Waals surface area (Å²) in [5.74, 6) is 2.04. The lowest BCUT2D eigenvalue weighted by Crippen LogP contribution is -2.33. The molecule has 1 saturated heterocycles. The molecule has 0 saturated carbocycles. The number of piperidine rings is 1. The molecule has 1 atom stereocenters. The van der Waals surface area contributed by atoms with Gasteiger partial charge in [-0.15, -0.1) is 0 Å². The minimum absolute atomic E-state index is 0.404. The molecule has 5 heteroatoms. The molecule has 0 radical (unpaired) electrons. The van der Waals surface area contributed by atoms with Crippen molar-refractivity contribution in [2.75, 3.05) is 27.9 Å². The number of aromatic nitrogens is 1. The Balaban J connectivity index is 1.87. The van der Waals surface area contributed by atoms with Crippen molar-refractivity contribution < 1.29 is 14.2 Å². The molecule has 0 N–H and O–H groups in total. The maximum absolute atomic E-state index is 5.49. The Morgan fingerprint density at radius 1 is 1.08 bits per heavy atom. The topological polar surface area (TPSA) is 43.8 Å². The first-order valence-electron chi connectivity index (χ1n) is 8.69. The summed E-state index contributed by atoms with van der Waals surface area (Å²) >= 11 is 0. The summed E-state index contributed by atoms with van der Waals surface area (Å²) in [5.41, 5.74) is 2.44. The van der Waals surface area contributed by atoms with Crippen molar-refractivity contribution >= 4 is 0 Å². The standard InChI is InChI=1S/C20H26N2O3/c1-23-18-11-15(12-19(24-2)20(18)25-3)14-22-10-5-4-8-17(22)16-7-6-9-21-13-16/h6-7,9,11-13,17H,4-5,8,10,14H2,1-3H3/t17-/m1/s1. The van der Waals surface area contributed by atoms with E-state index in [1.807, 2.05) is 30.6 Å². The van der Waals surface area contributed by atoms with Crippen LogP contribution in [-0.2, 0) is 6.54 Å². The highest BCUT2D eigenvalue weighted by molar-refractivity contribution is 5.53. The van der Waals surface area contributed by atoms with Gasteiger partial charge in [-0.25, -0.2) is 0 Å². The SMILES string of the molecule is COc1cc(CN2CCCC[C@@H]2c2cccnc2)cc(OC)c1OC. The number of rotatable bonds is 6. The van der Waals surface area contributed by atoms with Gasteiger partial charge in [-0.1, -0.05) is 12.5 Å². The van der Waals surface area contributed by atoms with Crippen LogP contribution in [0.15, 0.2) is 36.7 Å². The zero-order valence-electron chi connectivity index (χ0n) is 15.2. The molecule has 1 aliphatic heterocycles. The van der Waals surface area contributed by atoms with Crippen LogP contribution in [0.4, 0.5) is 0 Å². The molecule has 0 unspecified atom stereocenters. The fraction of sp³-hybridized carbons (Fsp3) is 0.450. The molecular weight excluding hydrogens is 316 g/mol. The average Bonchev–Trinajstić information content (AvgIpc) is 2.68. The molecule has 134 valence electrons. The van der Waals surface area contributed by atoms with Crippen molar-refractivity contribution in [2.45, 2.75) is 31.8 Å². The van der Waals surface area contributed by atoms with Crippen LogP contribution < -0.4 is 14.2 Å². The number of ether oxygens (including phenoxy) is 3. The third-order valence-electron chi connectivity index (χ3n) is 4.79. The molecule has 5 nitrogen and oxygen atoms in total. The molecule has 3 rings (SSSR count). The number of hydrogen-bond donors (Lipinski definition) is 0. The number of methoxy groups -OCH3 is 3. The van der Waals surface area contributed by atoms with Crippen molar-refractivity contribution in [1.29, 1.82) is 0 Å². The Hall–Kier alpha value is -2.27. The molecule has 0 bridgehead atoms. The number of nitrogens with zero attached hydrogens (tertiary/aromatic N) is 2. The number of likely N-dealkylation sites (tertiary alicyclic amines) is 1. The van der Waals surface area contributed by atoms with E-state index < -0.39 is 0 Å². The largest absolute Gasteiger partial charge is 0.493 e. The Bertz CT molecular complexity index is 666. The van der Waals surface area contributed by atoms with Crippen LogP contribution in [0.5, 0.6) is 17.2 Å². The van der Waals surface area contributed by atoms with E-state index in [2.05, 4.69) is 16.0 Å². The summed E-state index contributed by atoms with van der Waals surface area (Å²) in [4.78, 5) is 6.81. The highest BCUT2D eigenvalue weighted by atomic mass is 16.5. The fourth-order valence-corrected chi connectivity index (χ4v) is 3.59. The Morgan fingerprint density at radius 2 is 1.84 bits per heavy atom. The van der Waals surface area contributed by atoms with Gasteiger partial charge in [0.25, 0.3) is 0 Å². The van der Waals surface area contributed by atoms with E-state index in [1.54, 1.807) is 21.3 Å². The van der Waals surface area contributed by atoms with Crippen molar-refractivity contribution in [3.63, 3.8) is 0 Å². The monoisotopic (exact) mass is 342 g/mol. The van der Waals surface area contributed by atoms with E-state index in [1.165, 1.54) is 18.4 Å². The average molecular weight is 342 g/mol. The van der Waals surface area contributed by atoms with Gasteiger partial charge in [0.15, 0.2) is 11.5 Å². The molecule has 1 aliphatic rings. The van der Waals surface area contributed by atoms with Crippen LogP contribution in [0, 0.1) is 0 Å². The molecular formula is C20H26N2O3. The Kier molecular flexibility index (Phi) is 5.76. The molecule has 0 aliphatic carbocycles. The minimum atomic E-state index is 0.404. The van der Waals surface area contributed by atoms with E-state index in [0.29, 0.717) is 23.3 Å². The molecule has 25 heavy (non-hydrogen) atoms. The number of hydrogen-bond acceptors (Lipinski definition) is 5. The lowest BCUT2D eigenvalue weighted by atomic mass is 9.95. The first-order valence-corrected chi connectivity index (χ1v) is 8.69. The Labute approximate surface area is 149 Å². The third-order valence-corrected chi connectivity index (χ3v) is 4.79. The van der Waals surface area contributed by atoms with Crippen molar-refractivity contribution in [3.8, 4) is 17.2 Å². The summed E-state index contributed by atoms with van der Waals surface area (Å²) in [6.07, 6.45) is 7.46. The first-order chi connectivity index (χ1) is 12.3. The van der Waals surface area contributed by atoms with Gasteiger partial charge in [0.1, 0.15) is 0 Å². The smallest absolute Gasteiger partial charge is 0.203 e. The molecule has 1 fully saturated rings. The zero-order valence-corrected chi connectivity index (χ0v) is 15.2. The predicted octanol–water partition coefficient (Wildman–Crippen LogP) is 3.83. The fourth-order valence-electron chi connectivity index (χ4n) is 3.59. The summed E-state index contributed by atoms with van der Waals surface area (Å²) < 4.78 is 16.4. The molecule has 0 amide bonds. The molecule has 2 aromatic rings. The minimum Gasteiger partial charge on any atom is -0.493 e. The highest BCUT2D eigenvalue weighted by Gasteiger charge is 2.25. The van der Waals surface area contributed by atoms with E-state index >= 15 is 0 Å². The van der Waals surface area contributed by atoms with Gasteiger partial charge in [-0.3, -0.25) is 9.88 Å². The molecule has 1 aromatic heterocycles. The number of benzene rings is 1. The maximum atomic E-state index is 5.49. The van der Waals surface area contributed by atoms with Gasteiger partial charge in [0, 0.05) is 25.0 Å². The predicted molar refractivity (Wildman–Crippen MR) is 97.3 cm³/mol. The van der Waals surface area contributed by atoms with Gasteiger partial charge in [-0.05, 0) is 48.7 Å². The maximum Gasteiger partial charge on any atom is 0.203 e. The van der Waals surface area contributed by atoms with E-state index in [-0.39, 0.29) is 0 Å². The van der Waals surface area contributed by atoms with Crippen LogP contribution >= 0.6 is 0 Å². The van der Waals surface area contributed by atoms with Gasteiger partial charge < -0.3 is 14.2 Å². The normalized spacial score (nSPS) is 18.0. The lowest BCUT2D eigenvalue weighted by molar-refractivity contribution is 0.140. The molecule has 2 heterocycles. The Morgan fingerprint density at radius 3 is 2.44 bits per heavy atom. The van der Waals surface area contributed by atoms with E-state index in [4.69, 9.17) is 14.2 Å². The van der Waals surface area contributed by atoms with E-state index in [0.717, 1.165) is 25.1 Å². The van der Waals surface area contributed by atoms with Gasteiger partial charge in [-0.2, -0.15) is 0 Å².